The van der Waals surface area contributed by atoms with Crippen LogP contribution in [0.15, 0.2) is 41.8 Å². The number of rotatable bonds is 6. The van der Waals surface area contributed by atoms with E-state index in [9.17, 15) is 23.3 Å². The van der Waals surface area contributed by atoms with Gasteiger partial charge in [-0.15, -0.1) is 0 Å². The molecule has 0 bridgehead atoms. The Hall–Kier alpha value is -2.86. The molecule has 0 saturated carbocycles. The van der Waals surface area contributed by atoms with Gasteiger partial charge in [-0.2, -0.15) is 9.40 Å². The Morgan fingerprint density at radius 3 is 2.37 bits per heavy atom. The Bertz CT molecular complexity index is 905. The van der Waals surface area contributed by atoms with Crippen molar-refractivity contribution in [2.24, 2.45) is 0 Å². The third-order valence-electron chi connectivity index (χ3n) is 4.30. The second-order valence-electron chi connectivity index (χ2n) is 5.94. The van der Waals surface area contributed by atoms with Crippen LogP contribution in [0.3, 0.4) is 0 Å². The van der Waals surface area contributed by atoms with Crippen molar-refractivity contribution in [1.29, 1.82) is 0 Å². The zero-order chi connectivity index (χ0) is 19.4. The van der Waals surface area contributed by atoms with E-state index < -0.39 is 14.9 Å². The Balaban J connectivity index is 1.57. The molecule has 0 aliphatic carbocycles. The number of aryl methyl sites for hydroxylation is 1. The number of non-ortho nitro benzene ring substituents is 1. The Labute approximate surface area is 155 Å². The summed E-state index contributed by atoms with van der Waals surface area (Å²) in [6, 6.07) is 4.78. The van der Waals surface area contributed by atoms with Gasteiger partial charge >= 0.3 is 0 Å². The maximum absolute atomic E-state index is 12.7. The number of nitrogens with zero attached hydrogens (tertiary/aromatic N) is 6. The first-order valence-corrected chi connectivity index (χ1v) is 9.67. The smallest absolute Gasteiger partial charge is 0.269 e. The number of amides is 1. The van der Waals surface area contributed by atoms with Gasteiger partial charge in [0.2, 0.25) is 15.9 Å². The number of carbonyl (C=O) groups is 1. The largest absolute Gasteiger partial charge is 0.340 e. The molecule has 12 heteroatoms. The first kappa shape index (κ1) is 18.9. The molecule has 1 aliphatic rings. The predicted octanol–water partition coefficient (Wildman–Crippen LogP) is 0.110. The second kappa shape index (κ2) is 7.80. The SMILES string of the molecule is O=C(CCn1cncn1)N1CCN(S(=O)(=O)c2ccc([N+](=O)[O-])cc2)CC1. The van der Waals surface area contributed by atoms with Gasteiger partial charge in [-0.05, 0) is 12.1 Å². The highest BCUT2D eigenvalue weighted by Crippen LogP contribution is 2.21. The number of aromatic nitrogens is 3. The van der Waals surface area contributed by atoms with E-state index in [1.807, 2.05) is 0 Å². The molecule has 0 atom stereocenters. The Kier molecular flexibility index (Phi) is 5.46. The standard InChI is InChI=1S/C15H18N6O5S/c22-15(5-6-19-12-16-11-17-19)18-7-9-20(10-8-18)27(25,26)14-3-1-13(2-4-14)21(23)24/h1-4,11-12H,5-10H2. The van der Waals surface area contributed by atoms with Crippen molar-refractivity contribution in [2.75, 3.05) is 26.2 Å². The quantitative estimate of drug-likeness (QED) is 0.502. The summed E-state index contributed by atoms with van der Waals surface area (Å²) in [5.41, 5.74) is -0.170. The summed E-state index contributed by atoms with van der Waals surface area (Å²) in [6.07, 6.45) is 3.19. The van der Waals surface area contributed by atoms with Crippen LogP contribution in [0.5, 0.6) is 0 Å². The summed E-state index contributed by atoms with van der Waals surface area (Å²) >= 11 is 0. The summed E-state index contributed by atoms with van der Waals surface area (Å²) in [5.74, 6) is -0.0714. The van der Waals surface area contributed by atoms with Crippen LogP contribution >= 0.6 is 0 Å². The van der Waals surface area contributed by atoms with Gasteiger partial charge in [0, 0.05) is 44.7 Å². The molecule has 0 N–H and O–H groups in total. The zero-order valence-corrected chi connectivity index (χ0v) is 15.2. The lowest BCUT2D eigenvalue weighted by atomic mass is 10.3. The fraction of sp³-hybridized carbons (Fsp3) is 0.400. The van der Waals surface area contributed by atoms with Crippen molar-refractivity contribution >= 4 is 21.6 Å². The molecule has 1 aromatic heterocycles. The van der Waals surface area contributed by atoms with Gasteiger partial charge in [0.25, 0.3) is 5.69 Å². The molecule has 11 nitrogen and oxygen atoms in total. The molecule has 2 aromatic rings. The van der Waals surface area contributed by atoms with E-state index in [-0.39, 0.29) is 36.0 Å². The van der Waals surface area contributed by atoms with E-state index in [0.717, 1.165) is 12.1 Å². The maximum atomic E-state index is 12.7. The summed E-state index contributed by atoms with van der Waals surface area (Å²) < 4.78 is 28.2. The monoisotopic (exact) mass is 394 g/mol. The number of hydrogen-bond acceptors (Lipinski definition) is 7. The van der Waals surface area contributed by atoms with Crippen LogP contribution in [-0.2, 0) is 21.4 Å². The van der Waals surface area contributed by atoms with Gasteiger partial charge in [-0.3, -0.25) is 19.6 Å². The van der Waals surface area contributed by atoms with Gasteiger partial charge in [0.15, 0.2) is 0 Å². The normalized spacial score (nSPS) is 15.6. The molecule has 1 aromatic carbocycles. The maximum Gasteiger partial charge on any atom is 0.269 e. The van der Waals surface area contributed by atoms with Crippen LogP contribution < -0.4 is 0 Å². The molecule has 144 valence electrons. The molecule has 2 heterocycles. The van der Waals surface area contributed by atoms with Crippen molar-refractivity contribution in [3.05, 3.63) is 47.0 Å². The molecular weight excluding hydrogens is 376 g/mol. The van der Waals surface area contributed by atoms with Crippen LogP contribution in [0.25, 0.3) is 0 Å². The van der Waals surface area contributed by atoms with Crippen molar-refractivity contribution in [3.8, 4) is 0 Å². The lowest BCUT2D eigenvalue weighted by molar-refractivity contribution is -0.384. The van der Waals surface area contributed by atoms with Crippen molar-refractivity contribution < 1.29 is 18.1 Å². The summed E-state index contributed by atoms with van der Waals surface area (Å²) in [6.45, 7) is 1.35. The Morgan fingerprint density at radius 2 is 1.81 bits per heavy atom. The summed E-state index contributed by atoms with van der Waals surface area (Å²) in [5, 5.41) is 14.6. The highest BCUT2D eigenvalue weighted by atomic mass is 32.2. The molecule has 1 amide bonds. The number of benzene rings is 1. The topological polar surface area (TPSA) is 132 Å². The van der Waals surface area contributed by atoms with E-state index in [1.165, 1.54) is 29.1 Å². The fourth-order valence-electron chi connectivity index (χ4n) is 2.78. The van der Waals surface area contributed by atoms with E-state index in [2.05, 4.69) is 10.1 Å². The van der Waals surface area contributed by atoms with Gasteiger partial charge in [0.1, 0.15) is 12.7 Å². The lowest BCUT2D eigenvalue weighted by Crippen LogP contribution is -2.50. The molecular formula is C15H18N6O5S. The highest BCUT2D eigenvalue weighted by molar-refractivity contribution is 7.89. The first-order valence-electron chi connectivity index (χ1n) is 8.23. The molecule has 3 rings (SSSR count). The van der Waals surface area contributed by atoms with Crippen LogP contribution in [0, 0.1) is 10.1 Å². The van der Waals surface area contributed by atoms with E-state index >= 15 is 0 Å². The molecule has 1 saturated heterocycles. The molecule has 1 fully saturated rings. The molecule has 0 radical (unpaired) electrons. The van der Waals surface area contributed by atoms with E-state index in [4.69, 9.17) is 0 Å². The zero-order valence-electron chi connectivity index (χ0n) is 14.3. The number of piperazine rings is 1. The highest BCUT2D eigenvalue weighted by Gasteiger charge is 2.30. The van der Waals surface area contributed by atoms with Crippen LogP contribution in [0.4, 0.5) is 5.69 Å². The first-order chi connectivity index (χ1) is 12.9. The number of carbonyl (C=O) groups excluding carboxylic acids is 1. The van der Waals surface area contributed by atoms with Crippen LogP contribution in [-0.4, -0.2) is 69.4 Å². The second-order valence-corrected chi connectivity index (χ2v) is 7.88. The van der Waals surface area contributed by atoms with Gasteiger partial charge in [-0.25, -0.2) is 13.4 Å². The predicted molar refractivity (Wildman–Crippen MR) is 93.1 cm³/mol. The summed E-state index contributed by atoms with van der Waals surface area (Å²) in [7, 11) is -3.75. The van der Waals surface area contributed by atoms with Crippen LogP contribution in [0.1, 0.15) is 6.42 Å². The number of nitro benzene ring substituents is 1. The van der Waals surface area contributed by atoms with Crippen molar-refractivity contribution in [2.45, 2.75) is 17.9 Å². The summed E-state index contributed by atoms with van der Waals surface area (Å²) in [4.78, 5) is 27.8. The third-order valence-corrected chi connectivity index (χ3v) is 6.21. The minimum Gasteiger partial charge on any atom is -0.340 e. The third kappa shape index (κ3) is 4.28. The number of nitro groups is 1. The molecule has 0 unspecified atom stereocenters. The van der Waals surface area contributed by atoms with Crippen molar-refractivity contribution in [3.63, 3.8) is 0 Å². The van der Waals surface area contributed by atoms with E-state index in [1.54, 1.807) is 9.58 Å². The van der Waals surface area contributed by atoms with Crippen molar-refractivity contribution in [1.82, 2.24) is 24.0 Å². The average Bonchev–Trinajstić information content (AvgIpc) is 3.20. The number of hydrogen-bond donors (Lipinski definition) is 0. The minimum absolute atomic E-state index is 0.000872. The van der Waals surface area contributed by atoms with Gasteiger partial charge in [0.05, 0.1) is 16.4 Å². The number of sulfonamides is 1. The minimum atomic E-state index is -3.75. The molecule has 0 spiro atoms. The molecule has 1 aliphatic heterocycles. The average molecular weight is 394 g/mol. The van der Waals surface area contributed by atoms with E-state index in [0.29, 0.717) is 19.6 Å². The molecule has 27 heavy (non-hydrogen) atoms. The van der Waals surface area contributed by atoms with Gasteiger partial charge in [-0.1, -0.05) is 0 Å². The fourth-order valence-corrected chi connectivity index (χ4v) is 4.21. The van der Waals surface area contributed by atoms with Crippen LogP contribution in [0.2, 0.25) is 0 Å². The van der Waals surface area contributed by atoms with Gasteiger partial charge < -0.3 is 4.90 Å². The Morgan fingerprint density at radius 1 is 1.15 bits per heavy atom. The lowest BCUT2D eigenvalue weighted by Gasteiger charge is -2.34.